The normalized spacial score (nSPS) is 10.8. The van der Waals surface area contributed by atoms with Gasteiger partial charge in [-0.25, -0.2) is 13.8 Å². The molecule has 23 heavy (non-hydrogen) atoms. The molecule has 0 aliphatic heterocycles. The van der Waals surface area contributed by atoms with Gasteiger partial charge in [-0.05, 0) is 19.3 Å². The molecule has 128 valence electrons. The zero-order chi connectivity index (χ0) is 17.6. The van der Waals surface area contributed by atoms with Crippen molar-refractivity contribution in [3.8, 4) is 0 Å². The lowest BCUT2D eigenvalue weighted by molar-refractivity contribution is -0.147. The van der Waals surface area contributed by atoms with Crippen molar-refractivity contribution in [2.75, 3.05) is 6.61 Å². The summed E-state index contributed by atoms with van der Waals surface area (Å²) in [7, 11) is 1.32. The fourth-order valence-corrected chi connectivity index (χ4v) is 1.96. The lowest BCUT2D eigenvalue weighted by Gasteiger charge is -2.08. The quantitative estimate of drug-likeness (QED) is 0.432. The first-order valence-corrected chi connectivity index (χ1v) is 7.84. The van der Waals surface area contributed by atoms with Crippen LogP contribution in [0.1, 0.15) is 44.3 Å². The zero-order valence-electron chi connectivity index (χ0n) is 13.5. The minimum Gasteiger partial charge on any atom is -0.465 e. The molecule has 0 aliphatic carbocycles. The summed E-state index contributed by atoms with van der Waals surface area (Å²) in [4.78, 5) is 35.1. The predicted molar refractivity (Wildman–Crippen MR) is 85.4 cm³/mol. The van der Waals surface area contributed by atoms with Crippen molar-refractivity contribution in [2.24, 2.45) is 13.0 Å². The van der Waals surface area contributed by atoms with E-state index in [2.05, 4.69) is 0 Å². The third-order valence-electron chi connectivity index (χ3n) is 3.26. The van der Waals surface area contributed by atoms with Crippen molar-refractivity contribution in [1.29, 1.82) is 0 Å². The van der Waals surface area contributed by atoms with Crippen LogP contribution in [0.3, 0.4) is 0 Å². The highest BCUT2D eigenvalue weighted by atomic mass is 32.1. The maximum absolute atomic E-state index is 13.5. The van der Waals surface area contributed by atoms with E-state index >= 15 is 0 Å². The molecule has 1 rings (SSSR count). The number of unbranched alkanes of at least 4 members (excludes halogenated alkanes) is 2. The van der Waals surface area contributed by atoms with Crippen LogP contribution < -0.4 is 5.69 Å². The Balaban J connectivity index is 2.46. The fourth-order valence-electron chi connectivity index (χ4n) is 1.83. The predicted octanol–water partition coefficient (Wildman–Crippen LogP) is 2.46. The van der Waals surface area contributed by atoms with Crippen LogP contribution in [0.25, 0.3) is 0 Å². The van der Waals surface area contributed by atoms with Crippen molar-refractivity contribution in [3.05, 3.63) is 27.1 Å². The molecule has 1 heterocycles. The second-order valence-electron chi connectivity index (χ2n) is 5.52. The van der Waals surface area contributed by atoms with E-state index in [1.807, 2.05) is 0 Å². The van der Waals surface area contributed by atoms with Gasteiger partial charge in [0.05, 0.1) is 18.7 Å². The van der Waals surface area contributed by atoms with Crippen LogP contribution in [0, 0.1) is 16.4 Å². The van der Waals surface area contributed by atoms with Gasteiger partial charge in [0, 0.05) is 13.5 Å². The molecule has 0 N–H and O–H groups in total. The minimum absolute atomic E-state index is 0.105. The summed E-state index contributed by atoms with van der Waals surface area (Å²) in [6, 6.07) is 0. The number of esters is 1. The largest absolute Gasteiger partial charge is 0.465 e. The standard InChI is InChI=1S/C15H21FN2O4S/c1-10(2)14(20)22-8-6-4-5-7-12(19)18-9-11(16)13(23)17(3)15(18)21/h9-10H,4-8H2,1-3H3. The van der Waals surface area contributed by atoms with Gasteiger partial charge in [0.25, 0.3) is 0 Å². The van der Waals surface area contributed by atoms with Crippen molar-refractivity contribution in [2.45, 2.75) is 39.5 Å². The third-order valence-corrected chi connectivity index (χ3v) is 3.73. The van der Waals surface area contributed by atoms with Crippen molar-refractivity contribution >= 4 is 24.1 Å². The third kappa shape index (κ3) is 5.38. The second kappa shape index (κ2) is 8.71. The maximum atomic E-state index is 13.5. The molecule has 0 spiro atoms. The molecule has 0 fully saturated rings. The van der Waals surface area contributed by atoms with Crippen LogP contribution in [0.5, 0.6) is 0 Å². The molecule has 1 aromatic heterocycles. The smallest absolute Gasteiger partial charge is 0.335 e. The fraction of sp³-hybridized carbons (Fsp3) is 0.600. The van der Waals surface area contributed by atoms with E-state index in [9.17, 15) is 18.8 Å². The Hall–Kier alpha value is -1.83. The lowest BCUT2D eigenvalue weighted by Crippen LogP contribution is -2.34. The summed E-state index contributed by atoms with van der Waals surface area (Å²) in [5.41, 5.74) is -0.660. The molecule has 6 nitrogen and oxygen atoms in total. The molecule has 1 aromatic rings. The van der Waals surface area contributed by atoms with Crippen LogP contribution >= 0.6 is 12.2 Å². The van der Waals surface area contributed by atoms with Crippen LogP contribution in [0.4, 0.5) is 4.39 Å². The van der Waals surface area contributed by atoms with Crippen LogP contribution in [-0.4, -0.2) is 27.6 Å². The molecule has 0 amide bonds. The minimum atomic E-state index is -0.781. The van der Waals surface area contributed by atoms with Gasteiger partial charge in [0.15, 0.2) is 5.82 Å². The number of carbonyl (C=O) groups excluding carboxylic acids is 2. The topological polar surface area (TPSA) is 70.3 Å². The van der Waals surface area contributed by atoms with E-state index in [0.29, 0.717) is 25.9 Å². The van der Waals surface area contributed by atoms with Gasteiger partial charge in [-0.3, -0.25) is 14.2 Å². The summed E-state index contributed by atoms with van der Waals surface area (Å²) in [5, 5.41) is 0. The van der Waals surface area contributed by atoms with Gasteiger partial charge in [-0.1, -0.05) is 26.1 Å². The molecule has 0 bridgehead atoms. The number of nitrogens with zero attached hydrogens (tertiary/aromatic N) is 2. The first kappa shape index (κ1) is 19.2. The monoisotopic (exact) mass is 344 g/mol. The molecule has 0 radical (unpaired) electrons. The zero-order valence-corrected chi connectivity index (χ0v) is 14.3. The van der Waals surface area contributed by atoms with Crippen molar-refractivity contribution < 1.29 is 18.7 Å². The molecule has 0 saturated heterocycles. The highest BCUT2D eigenvalue weighted by molar-refractivity contribution is 7.71. The van der Waals surface area contributed by atoms with E-state index in [4.69, 9.17) is 17.0 Å². The summed E-state index contributed by atoms with van der Waals surface area (Å²) < 4.78 is 20.0. The van der Waals surface area contributed by atoms with E-state index in [1.165, 1.54) is 7.05 Å². The molecule has 8 heteroatoms. The molecular formula is C15H21FN2O4S. The van der Waals surface area contributed by atoms with E-state index in [1.54, 1.807) is 13.8 Å². The van der Waals surface area contributed by atoms with E-state index in [-0.39, 0.29) is 22.9 Å². The lowest BCUT2D eigenvalue weighted by atomic mass is 10.2. The Morgan fingerprint density at radius 1 is 1.30 bits per heavy atom. The maximum Gasteiger partial charge on any atom is 0.335 e. The van der Waals surface area contributed by atoms with E-state index < -0.39 is 17.4 Å². The Labute approximate surface area is 138 Å². The SMILES string of the molecule is CC(C)C(=O)OCCCCCC(=O)n1cc(F)c(=S)n(C)c1=O. The first-order chi connectivity index (χ1) is 10.8. The number of aromatic nitrogens is 2. The van der Waals surface area contributed by atoms with Crippen LogP contribution in [-0.2, 0) is 16.6 Å². The molecule has 0 unspecified atom stereocenters. The average Bonchev–Trinajstić information content (AvgIpc) is 2.51. The number of ether oxygens (including phenoxy) is 1. The van der Waals surface area contributed by atoms with Crippen molar-refractivity contribution in [1.82, 2.24) is 9.13 Å². The first-order valence-electron chi connectivity index (χ1n) is 7.43. The Morgan fingerprint density at radius 3 is 2.57 bits per heavy atom. The Bertz CT molecular complexity index is 694. The molecule has 0 saturated carbocycles. The molecule has 0 aromatic carbocycles. The van der Waals surface area contributed by atoms with Crippen LogP contribution in [0.15, 0.2) is 11.0 Å². The number of hydrogen-bond donors (Lipinski definition) is 0. The number of carbonyl (C=O) groups is 2. The van der Waals surface area contributed by atoms with Gasteiger partial charge >= 0.3 is 11.7 Å². The molecular weight excluding hydrogens is 323 g/mol. The Morgan fingerprint density at radius 2 is 1.96 bits per heavy atom. The highest BCUT2D eigenvalue weighted by Gasteiger charge is 2.12. The van der Waals surface area contributed by atoms with Gasteiger partial charge in [-0.2, -0.15) is 0 Å². The van der Waals surface area contributed by atoms with Gasteiger partial charge in [0.1, 0.15) is 4.64 Å². The summed E-state index contributed by atoms with van der Waals surface area (Å²) in [6.45, 7) is 3.82. The summed E-state index contributed by atoms with van der Waals surface area (Å²) in [5.74, 6) is -1.68. The number of halogens is 1. The van der Waals surface area contributed by atoms with Gasteiger partial charge in [-0.15, -0.1) is 0 Å². The number of rotatable bonds is 7. The van der Waals surface area contributed by atoms with E-state index in [0.717, 1.165) is 15.3 Å². The number of hydrogen-bond acceptors (Lipinski definition) is 5. The summed E-state index contributed by atoms with van der Waals surface area (Å²) in [6.07, 6.45) is 2.75. The summed E-state index contributed by atoms with van der Waals surface area (Å²) >= 11 is 4.72. The van der Waals surface area contributed by atoms with Gasteiger partial charge in [0.2, 0.25) is 5.91 Å². The second-order valence-corrected chi connectivity index (χ2v) is 5.91. The van der Waals surface area contributed by atoms with Crippen LogP contribution in [0.2, 0.25) is 0 Å². The van der Waals surface area contributed by atoms with Gasteiger partial charge < -0.3 is 4.74 Å². The molecule has 0 aliphatic rings. The molecule has 0 atom stereocenters. The highest BCUT2D eigenvalue weighted by Crippen LogP contribution is 2.05. The van der Waals surface area contributed by atoms with Crippen molar-refractivity contribution in [3.63, 3.8) is 0 Å². The average molecular weight is 344 g/mol. The Kier molecular flexibility index (Phi) is 7.28.